The average Bonchev–Trinajstić information content (AvgIpc) is 1.54. The van der Waals surface area contributed by atoms with Crippen molar-refractivity contribution in [2.24, 2.45) is 123 Å². The molecule has 9 fully saturated rings. The van der Waals surface area contributed by atoms with Crippen molar-refractivity contribution in [2.75, 3.05) is 21.3 Å². The topological polar surface area (TPSA) is 288 Å². The highest BCUT2D eigenvalue weighted by Gasteiger charge is 2.76. The maximum atomic E-state index is 14.4. The van der Waals surface area contributed by atoms with Crippen LogP contribution >= 0.6 is 0 Å². The number of Topliss-reactive ketones (excluding diaryl/α,β-unsaturated/α-hetero) is 1. The van der Waals surface area contributed by atoms with Crippen molar-refractivity contribution >= 4 is 41.4 Å². The first kappa shape index (κ1) is 62.3. The summed E-state index contributed by atoms with van der Waals surface area (Å²) < 4.78 is 206. The number of carbonyl (C=O) groups is 6. The molecular formula is C93H168N6O15. The number of aromatic nitrogens is 1. The van der Waals surface area contributed by atoms with Gasteiger partial charge in [0.2, 0.25) is 17.5 Å². The normalized spacial score (nSPS) is 48.5. The van der Waals surface area contributed by atoms with Gasteiger partial charge in [-0.25, -0.2) is 33.8 Å². The fourth-order valence-electron chi connectivity index (χ4n) is 30.2. The Balaban J connectivity index is -0.000000359. The van der Waals surface area contributed by atoms with E-state index in [1.807, 2.05) is 32.1 Å². The summed E-state index contributed by atoms with van der Waals surface area (Å²) in [5.74, 6) is -0.897. The number of ketones is 4. The predicted octanol–water partition coefficient (Wildman–Crippen LogP) is 22.7. The van der Waals surface area contributed by atoms with Gasteiger partial charge in [0.25, 0.3) is 0 Å². The maximum absolute atomic E-state index is 14.4. The summed E-state index contributed by atoms with van der Waals surface area (Å²) in [5, 5.41) is 44.2. The van der Waals surface area contributed by atoms with Gasteiger partial charge in [0.1, 0.15) is 17.0 Å². The number of amides is 2. The fourth-order valence-corrected chi connectivity index (χ4v) is 30.2. The van der Waals surface area contributed by atoms with Gasteiger partial charge in [-0.2, -0.15) is 4.99 Å². The number of hydrogen-bond acceptors (Lipinski definition) is 17. The minimum atomic E-state index is -1.66. The van der Waals surface area contributed by atoms with Crippen molar-refractivity contribution in [3.63, 3.8) is 0 Å². The van der Waals surface area contributed by atoms with Crippen LogP contribution in [0.3, 0.4) is 0 Å². The molecule has 2 amide bonds. The van der Waals surface area contributed by atoms with Crippen LogP contribution in [0.1, 0.15) is 335 Å². The Hall–Kier alpha value is -6.87. The van der Waals surface area contributed by atoms with Gasteiger partial charge in [0.05, 0.1) is 46.2 Å². The Morgan fingerprint density at radius 2 is 0.982 bits per heavy atom. The molecule has 15 aliphatic rings. The van der Waals surface area contributed by atoms with Gasteiger partial charge in [-0.05, 0) is 264 Å². The molecule has 0 spiro atoms. The third-order valence-corrected chi connectivity index (χ3v) is 36.8. The molecule has 24 atom stereocenters. The number of aliphatic hydroxyl groups excluding tert-OH is 1. The first-order valence-electron chi connectivity index (χ1n) is 61.5. The highest BCUT2D eigenvalue weighted by Crippen LogP contribution is 2.78. The van der Waals surface area contributed by atoms with Crippen molar-refractivity contribution in [1.82, 2.24) is 15.8 Å². The van der Waals surface area contributed by atoms with Crippen molar-refractivity contribution in [1.29, 1.82) is 0 Å². The molecule has 0 saturated heterocycles. The summed E-state index contributed by atoms with van der Waals surface area (Å²) in [6.45, 7) is 54.4. The molecule has 16 rings (SSSR count). The van der Waals surface area contributed by atoms with E-state index >= 15 is 0 Å². The number of nitrogens with zero attached hydrogens (tertiary/aromatic N) is 4. The third-order valence-electron chi connectivity index (χ3n) is 36.8. The second kappa shape index (κ2) is 26.6. The lowest BCUT2D eigenvalue weighted by atomic mass is 9.35. The lowest BCUT2D eigenvalue weighted by Crippen LogP contribution is -2.70. The molecule has 21 heteroatoms. The molecule has 660 valence electrons. The molecule has 0 unspecified atom stereocenters. The minimum Gasteiger partial charge on any atom is -0.521 e. The standard InChI is InChI=1S/C31H42N2O5.C31H44N2O5.C31H42N2O5.20H2/c1-26(2)10-12-31(32-18-34)13-11-29(5)24(20(31)16-26)21(35)14-23-27(3)15-19-17-33-37-25(19)30(6,38-36-7)22(27)8-9-28(23,29)4;2*1-26(2)11-13-31(33-25(36)38-8)14-12-29(5)23(18(31)16-26)20(34)15-22-27(3)17-19(32-7)24(35)30(6,37)21(27)9-10-28(22,29)4;;;;;;;;;;;;;;;;;;;;/h14,17,20,22,24H,8-13,15-16H2,1-7H3;15,18,21,23,35,37H,9-14,16-17H2,1-6,8H3,(H,33,36);15,17-18,21,23,37H,9-14,16H2,1-6,8H3,(H,33,36);20*1H/t20-,22+,24-,27-,28+,29+,30-,31-;2*18-,21+,23-,27-,28+,29+,30-,31-;;;;;;;;;;;;;;;;;;;;/m000..................../s1/i;;;19*1+2T;1+2. The highest BCUT2D eigenvalue weighted by molar-refractivity contribution is 6.05. The minimum absolute atomic E-state index is 0. The zero-order chi connectivity index (χ0) is 122. The van der Waals surface area contributed by atoms with Crippen LogP contribution in [0, 0.1) is 131 Å². The summed E-state index contributed by atoms with van der Waals surface area (Å²) in [7, 11) is 4.32. The number of hydrogen-bond donors (Lipinski definition) is 5. The number of methoxy groups -OCH3 is 2. The van der Waals surface area contributed by atoms with Crippen LogP contribution in [0.15, 0.2) is 73.9 Å². The van der Waals surface area contributed by atoms with Crippen molar-refractivity contribution in [3.05, 3.63) is 98.5 Å². The Morgan fingerprint density at radius 1 is 0.561 bits per heavy atom. The number of aliphatic hydroxyl groups is 3. The lowest BCUT2D eigenvalue weighted by molar-refractivity contribution is -0.375. The van der Waals surface area contributed by atoms with E-state index in [-0.39, 0.29) is 137 Å². The van der Waals surface area contributed by atoms with Crippen LogP contribution in [0.5, 0.6) is 0 Å². The van der Waals surface area contributed by atoms with E-state index in [4.69, 9.17) is 93.3 Å². The second-order valence-electron chi connectivity index (χ2n) is 43.8. The van der Waals surface area contributed by atoms with E-state index in [0.717, 1.165) is 151 Å². The van der Waals surface area contributed by atoms with Gasteiger partial charge in [-0.3, -0.25) is 14.4 Å². The molecule has 0 bridgehead atoms. The molecule has 0 radical (unpaired) electrons. The largest absolute Gasteiger partial charge is 0.521 e. The first-order valence-corrected chi connectivity index (χ1v) is 42.5. The summed E-state index contributed by atoms with van der Waals surface area (Å²) in [5.41, 5.74) is -4.27. The van der Waals surface area contributed by atoms with Crippen LogP contribution in [-0.2, 0) is 55.2 Å². The Bertz CT molecular complexity index is 4700. The Morgan fingerprint density at radius 3 is 1.46 bits per heavy atom. The van der Waals surface area contributed by atoms with Crippen LogP contribution < -0.4 is 10.6 Å². The maximum Gasteiger partial charge on any atom is 0.407 e. The number of rotatable bonds is 5. The van der Waals surface area contributed by atoms with Gasteiger partial charge >= 0.3 is 12.2 Å². The summed E-state index contributed by atoms with van der Waals surface area (Å²) in [6.07, 6.45) is 29.0. The van der Waals surface area contributed by atoms with Crippen molar-refractivity contribution in [2.45, 2.75) is 306 Å². The Labute approximate surface area is 735 Å². The molecule has 1 aromatic heterocycles. The first-order chi connectivity index (χ1) is 71.8. The van der Waals surface area contributed by atoms with Crippen molar-refractivity contribution < 1.29 is 131 Å². The fraction of sp³-hybridized carbons (Fsp3) is 0.763. The number of alkyl carbamates (subject to hydrolysis) is 2. The molecule has 0 aromatic carbocycles. The van der Waals surface area contributed by atoms with Gasteiger partial charge in [0, 0.05) is 115 Å². The SMILES string of the molecule is COO[C@]1(C)c2oncc2C[C@]2(C)C3=CC(=O)[C@@H]4[C@@H]5CC(C)(C)CC[C@]5(N=C=O)CC[C@@]4(C)[C@]3(C)CC[C@H]21.[3HH].[3H][3H].[3H][3H].[3H][3H].[3H][3H].[3H][3H].[3H][3H].[3H][3H].[3H][3H].[3H][3H].[3H][3H].[3H][3H].[3H][3H].[3H][3H].[3H][3H].[3H][3H].[3H][3H].[3H][3H].[3H][3H].[3H][3H].[C-]#[N+]C1=C(O)[C@@](C)(O)[C@@H]2CC[C@]3(C)C(=CC(=O)[C@@H]4[C@@H]5CC(C)(C)CC[C@]5(NC(=O)OC)CC[C@]43C)[C@@]2(C)C1.[C-]#[N+]C1=C[C@]2(C)C3=CC(=O)[C@@H]4[C@@H]5CC(C)(C)CC[C@]5(NC(=O)OC)CC[C@@]4(C)[C@]3(C)CC[C@H]2[C@](C)(O)C1=O. The lowest BCUT2D eigenvalue weighted by Gasteiger charge is -2.69. The van der Waals surface area contributed by atoms with E-state index < -0.39 is 68.1 Å². The Kier molecular flexibility index (Phi) is 14.5. The van der Waals surface area contributed by atoms with E-state index in [2.05, 4.69) is 127 Å². The van der Waals surface area contributed by atoms with Gasteiger partial charge in [-0.1, -0.05) is 132 Å². The average molecular weight is 1690 g/mol. The second-order valence-corrected chi connectivity index (χ2v) is 43.8. The van der Waals surface area contributed by atoms with Crippen LogP contribution in [0.4, 0.5) is 9.59 Å². The third kappa shape index (κ3) is 11.4. The zero-order valence-electron chi connectivity index (χ0n) is 110. The smallest absolute Gasteiger partial charge is 0.407 e. The van der Waals surface area contributed by atoms with Crippen molar-refractivity contribution in [3.8, 4) is 0 Å². The number of nitrogens with one attached hydrogen (secondary N) is 2. The number of allylic oxidation sites excluding steroid dienone is 8. The molecule has 15 aliphatic carbocycles. The quantitative estimate of drug-likeness (QED) is 0.0602. The predicted molar refractivity (Wildman–Crippen MR) is 469 cm³/mol. The summed E-state index contributed by atoms with van der Waals surface area (Å²) in [6, 6.07) is 0. The molecule has 9 saturated carbocycles. The molecule has 21 nitrogen and oxygen atoms in total. The summed E-state index contributed by atoms with van der Waals surface area (Å²) in [4.78, 5) is 116. The molecule has 1 heterocycles. The number of isocyanates is 1. The molecule has 1 aromatic rings. The number of fused-ring (bicyclic) bond motifs is 22. The van der Waals surface area contributed by atoms with Gasteiger partial charge in [0.15, 0.2) is 34.5 Å². The number of ether oxygens (including phenoxy) is 2. The number of aliphatic imine (C=N–C) groups is 1. The zero-order valence-corrected chi connectivity index (χ0v) is 71.9. The highest BCUT2D eigenvalue weighted by atomic mass is 17.2. The molecule has 0 aliphatic heterocycles. The monoisotopic (exact) mass is 1690 g/mol. The van der Waals surface area contributed by atoms with E-state index in [0.29, 0.717) is 19.3 Å². The van der Waals surface area contributed by atoms with Crippen LogP contribution in [0.2, 0.25) is 0 Å². The molecule has 114 heavy (non-hydrogen) atoms. The number of carbonyl (C=O) groups excluding carboxylic acids is 7. The van der Waals surface area contributed by atoms with Gasteiger partial charge in [-0.15, -0.1) is 0 Å². The van der Waals surface area contributed by atoms with E-state index in [9.17, 15) is 48.9 Å². The van der Waals surface area contributed by atoms with Gasteiger partial charge < -0.3 is 44.7 Å². The molecular weight excluding hydrogens is 1440 g/mol. The van der Waals surface area contributed by atoms with Crippen LogP contribution in [-0.4, -0.2) is 111 Å². The van der Waals surface area contributed by atoms with Crippen LogP contribution in [0.25, 0.3) is 9.69 Å². The van der Waals surface area contributed by atoms with E-state index in [1.54, 1.807) is 25.3 Å². The van der Waals surface area contributed by atoms with E-state index in [1.165, 1.54) is 33.8 Å². The summed E-state index contributed by atoms with van der Waals surface area (Å²) >= 11 is 0. The molecule has 5 N–H and O–H groups in total.